The average Bonchev–Trinajstić information content (AvgIpc) is 3.32. The molecule has 29 heavy (non-hydrogen) atoms. The molecule has 0 saturated heterocycles. The van der Waals surface area contributed by atoms with E-state index in [-0.39, 0.29) is 17.2 Å². The van der Waals surface area contributed by atoms with Gasteiger partial charge in [0.25, 0.3) is 5.56 Å². The largest absolute Gasteiger partial charge is 0.340 e. The van der Waals surface area contributed by atoms with Crippen LogP contribution in [0.15, 0.2) is 27.5 Å². The van der Waals surface area contributed by atoms with Crippen LogP contribution in [0.1, 0.15) is 35.6 Å². The first-order valence-electron chi connectivity index (χ1n) is 9.92. The maximum absolute atomic E-state index is 13.2. The molecule has 0 N–H and O–H groups in total. The second-order valence-corrected chi connectivity index (χ2v) is 10.7. The van der Waals surface area contributed by atoms with E-state index in [1.165, 1.54) is 22.2 Å². The van der Waals surface area contributed by atoms with E-state index in [1.54, 1.807) is 32.1 Å². The highest BCUT2D eigenvalue weighted by Gasteiger charge is 2.24. The summed E-state index contributed by atoms with van der Waals surface area (Å²) in [4.78, 5) is 35.7. The molecule has 1 aliphatic carbocycles. The summed E-state index contributed by atoms with van der Waals surface area (Å²) in [6.45, 7) is 5.40. The predicted molar refractivity (Wildman–Crippen MR) is 122 cm³/mol. The molecule has 154 valence electrons. The Morgan fingerprint density at radius 3 is 3.00 bits per heavy atom. The molecule has 1 atom stereocenters. The molecule has 1 aliphatic rings. The summed E-state index contributed by atoms with van der Waals surface area (Å²) in [7, 11) is 1.82. The number of aryl methyl sites for hydroxylation is 1. The van der Waals surface area contributed by atoms with Gasteiger partial charge < -0.3 is 4.90 Å². The smallest absolute Gasteiger partial charge is 0.263 e. The monoisotopic (exact) mass is 447 g/mol. The Morgan fingerprint density at radius 2 is 2.28 bits per heavy atom. The Kier molecular flexibility index (Phi) is 6.13. The minimum absolute atomic E-state index is 0.0414. The van der Waals surface area contributed by atoms with Crippen molar-refractivity contribution in [2.24, 2.45) is 5.92 Å². The average molecular weight is 448 g/mol. The van der Waals surface area contributed by atoms with Gasteiger partial charge >= 0.3 is 0 Å². The lowest BCUT2D eigenvalue weighted by molar-refractivity contribution is -0.127. The summed E-state index contributed by atoms with van der Waals surface area (Å²) in [6.07, 6.45) is 3.14. The van der Waals surface area contributed by atoms with E-state index in [4.69, 9.17) is 4.98 Å². The van der Waals surface area contributed by atoms with Gasteiger partial charge in [0.15, 0.2) is 5.16 Å². The van der Waals surface area contributed by atoms with Gasteiger partial charge in [-0.05, 0) is 49.1 Å². The van der Waals surface area contributed by atoms with E-state index >= 15 is 0 Å². The van der Waals surface area contributed by atoms with Gasteiger partial charge in [0.2, 0.25) is 5.91 Å². The fraction of sp³-hybridized carbons (Fsp3) is 0.476. The number of rotatable bonds is 6. The van der Waals surface area contributed by atoms with Crippen molar-refractivity contribution in [1.82, 2.24) is 14.5 Å². The summed E-state index contributed by atoms with van der Waals surface area (Å²) < 4.78 is 1.73. The molecule has 0 radical (unpaired) electrons. The molecular weight excluding hydrogens is 422 g/mol. The van der Waals surface area contributed by atoms with Crippen LogP contribution in [-0.2, 0) is 30.7 Å². The van der Waals surface area contributed by atoms with Crippen LogP contribution in [-0.4, -0.2) is 33.2 Å². The third kappa shape index (κ3) is 4.15. The van der Waals surface area contributed by atoms with Crippen LogP contribution < -0.4 is 5.56 Å². The van der Waals surface area contributed by atoms with Gasteiger partial charge in [0.1, 0.15) is 4.83 Å². The van der Waals surface area contributed by atoms with E-state index in [1.807, 2.05) is 31.5 Å². The number of thiophene rings is 2. The zero-order chi connectivity index (χ0) is 20.5. The van der Waals surface area contributed by atoms with Gasteiger partial charge in [-0.1, -0.05) is 24.8 Å². The van der Waals surface area contributed by atoms with Crippen LogP contribution >= 0.6 is 34.4 Å². The number of carbonyl (C=O) groups excluding carboxylic acids is 1. The lowest BCUT2D eigenvalue weighted by Gasteiger charge is -2.18. The zero-order valence-electron chi connectivity index (χ0n) is 16.9. The summed E-state index contributed by atoms with van der Waals surface area (Å²) in [5.74, 6) is 0.982. The number of hydrogen-bond acceptors (Lipinski definition) is 6. The maximum atomic E-state index is 13.2. The van der Waals surface area contributed by atoms with Gasteiger partial charge in [-0.3, -0.25) is 14.2 Å². The second-order valence-electron chi connectivity index (χ2n) is 7.59. The highest BCUT2D eigenvalue weighted by molar-refractivity contribution is 7.99. The Balaban J connectivity index is 1.57. The van der Waals surface area contributed by atoms with Crippen molar-refractivity contribution in [3.63, 3.8) is 0 Å². The van der Waals surface area contributed by atoms with Gasteiger partial charge in [0, 0.05) is 23.3 Å². The Morgan fingerprint density at radius 1 is 1.45 bits per heavy atom. The van der Waals surface area contributed by atoms with Crippen LogP contribution in [0.3, 0.4) is 0 Å². The Bertz CT molecular complexity index is 1080. The third-order valence-electron chi connectivity index (χ3n) is 5.42. The number of amides is 1. The van der Waals surface area contributed by atoms with Crippen molar-refractivity contribution in [2.75, 3.05) is 12.8 Å². The van der Waals surface area contributed by atoms with Crippen molar-refractivity contribution >= 4 is 50.6 Å². The molecule has 8 heteroatoms. The second kappa shape index (κ2) is 8.62. The molecule has 1 unspecified atom stereocenters. The van der Waals surface area contributed by atoms with E-state index in [0.29, 0.717) is 24.2 Å². The molecule has 4 rings (SSSR count). The number of aromatic nitrogens is 2. The van der Waals surface area contributed by atoms with Gasteiger partial charge in [-0.15, -0.1) is 22.7 Å². The lowest BCUT2D eigenvalue weighted by Crippen LogP contribution is -2.28. The van der Waals surface area contributed by atoms with Gasteiger partial charge in [-0.2, -0.15) is 0 Å². The van der Waals surface area contributed by atoms with Crippen molar-refractivity contribution in [1.29, 1.82) is 0 Å². The minimum Gasteiger partial charge on any atom is -0.340 e. The topological polar surface area (TPSA) is 55.2 Å². The first-order valence-corrected chi connectivity index (χ1v) is 12.6. The SMILES string of the molecule is CCn1c(SCC(=O)N(C)Cc2cccs2)nc2sc3c(c2c1=O)CCC(C)C3. The molecule has 1 amide bonds. The molecule has 0 fully saturated rings. The highest BCUT2D eigenvalue weighted by atomic mass is 32.2. The summed E-state index contributed by atoms with van der Waals surface area (Å²) in [6, 6.07) is 4.03. The van der Waals surface area contributed by atoms with Crippen molar-refractivity contribution in [3.05, 3.63) is 43.2 Å². The summed E-state index contributed by atoms with van der Waals surface area (Å²) in [5, 5.41) is 3.47. The van der Waals surface area contributed by atoms with Crippen molar-refractivity contribution in [2.45, 2.75) is 51.4 Å². The number of fused-ring (bicyclic) bond motifs is 3. The molecule has 5 nitrogen and oxygen atoms in total. The summed E-state index contributed by atoms with van der Waals surface area (Å²) >= 11 is 4.68. The molecule has 3 aromatic heterocycles. The molecule has 0 spiro atoms. The van der Waals surface area contributed by atoms with Crippen molar-refractivity contribution in [3.8, 4) is 0 Å². The van der Waals surface area contributed by atoms with Crippen LogP contribution in [0, 0.1) is 5.92 Å². The number of carbonyl (C=O) groups is 1. The fourth-order valence-electron chi connectivity index (χ4n) is 3.75. The van der Waals surface area contributed by atoms with Crippen LogP contribution in [0.5, 0.6) is 0 Å². The zero-order valence-corrected chi connectivity index (χ0v) is 19.4. The van der Waals surface area contributed by atoms with E-state index in [0.717, 1.165) is 34.4 Å². The first-order chi connectivity index (χ1) is 14.0. The highest BCUT2D eigenvalue weighted by Crippen LogP contribution is 2.36. The first kappa shape index (κ1) is 20.6. The lowest BCUT2D eigenvalue weighted by atomic mass is 9.89. The number of hydrogen-bond donors (Lipinski definition) is 0. The Labute approximate surface area is 182 Å². The van der Waals surface area contributed by atoms with E-state index in [9.17, 15) is 9.59 Å². The van der Waals surface area contributed by atoms with E-state index in [2.05, 4.69) is 6.92 Å². The van der Waals surface area contributed by atoms with E-state index < -0.39 is 0 Å². The third-order valence-corrected chi connectivity index (χ3v) is 8.39. The van der Waals surface area contributed by atoms with Crippen LogP contribution in [0.2, 0.25) is 0 Å². The molecule has 3 aromatic rings. The number of nitrogens with zero attached hydrogens (tertiary/aromatic N) is 3. The standard InChI is InChI=1S/C21H25N3O2S3/c1-4-24-20(26)18-15-8-7-13(2)10-16(15)29-19(18)22-21(24)28-12-17(25)23(3)11-14-6-5-9-27-14/h5-6,9,13H,4,7-8,10-12H2,1-3H3. The van der Waals surface area contributed by atoms with Crippen LogP contribution in [0.25, 0.3) is 10.2 Å². The summed E-state index contributed by atoms with van der Waals surface area (Å²) in [5.41, 5.74) is 1.26. The minimum atomic E-state index is 0.0414. The Hall–Kier alpha value is -1.64. The molecule has 0 aliphatic heterocycles. The molecule has 3 heterocycles. The van der Waals surface area contributed by atoms with Crippen molar-refractivity contribution < 1.29 is 4.79 Å². The fourth-order valence-corrected chi connectivity index (χ4v) is 6.94. The molecule has 0 saturated carbocycles. The van der Waals surface area contributed by atoms with Gasteiger partial charge in [-0.25, -0.2) is 4.98 Å². The predicted octanol–water partition coefficient (Wildman–Crippen LogP) is 4.41. The number of thioether (sulfide) groups is 1. The molecular formula is C21H25N3O2S3. The van der Waals surface area contributed by atoms with Crippen LogP contribution in [0.4, 0.5) is 0 Å². The molecule has 0 aromatic carbocycles. The van der Waals surface area contributed by atoms with Gasteiger partial charge in [0.05, 0.1) is 17.7 Å². The molecule has 0 bridgehead atoms. The maximum Gasteiger partial charge on any atom is 0.263 e. The normalized spacial score (nSPS) is 16.2. The quantitative estimate of drug-likeness (QED) is 0.415.